The van der Waals surface area contributed by atoms with Crippen molar-refractivity contribution in [2.45, 2.75) is 60.0 Å². The zero-order valence-electron chi connectivity index (χ0n) is 13.5. The van der Waals surface area contributed by atoms with Gasteiger partial charge in [-0.15, -0.1) is 0 Å². The van der Waals surface area contributed by atoms with Crippen molar-refractivity contribution in [3.63, 3.8) is 0 Å². The molecule has 1 unspecified atom stereocenters. The fourth-order valence-corrected chi connectivity index (χ4v) is 2.57. The van der Waals surface area contributed by atoms with Crippen molar-refractivity contribution >= 4 is 0 Å². The number of benzene rings is 1. The molecule has 0 bridgehead atoms. The van der Waals surface area contributed by atoms with Gasteiger partial charge in [-0.1, -0.05) is 6.07 Å². The highest BCUT2D eigenvalue weighted by Crippen LogP contribution is 2.22. The standard InChI is InChI=1S/C17H30N2/c1-12-10-13(2)16(5)17(15(12)4)11-19(6)9-7-8-14(3)18/h10,14H,7-9,11,18H2,1-6H3. The van der Waals surface area contributed by atoms with Crippen molar-refractivity contribution < 1.29 is 0 Å². The quantitative estimate of drug-likeness (QED) is 0.850. The smallest absolute Gasteiger partial charge is 0.0236 e. The van der Waals surface area contributed by atoms with Crippen molar-refractivity contribution in [1.82, 2.24) is 4.90 Å². The Morgan fingerprint density at radius 1 is 1.11 bits per heavy atom. The molecule has 0 aliphatic heterocycles. The van der Waals surface area contributed by atoms with Gasteiger partial charge in [0.2, 0.25) is 0 Å². The van der Waals surface area contributed by atoms with E-state index in [1.807, 2.05) is 0 Å². The number of hydrogen-bond donors (Lipinski definition) is 1. The Balaban J connectivity index is 2.71. The van der Waals surface area contributed by atoms with Crippen LogP contribution in [0.15, 0.2) is 6.07 Å². The number of nitrogens with two attached hydrogens (primary N) is 1. The van der Waals surface area contributed by atoms with Crippen LogP contribution in [0.5, 0.6) is 0 Å². The van der Waals surface area contributed by atoms with Gasteiger partial charge in [-0.3, -0.25) is 0 Å². The average Bonchev–Trinajstić information content (AvgIpc) is 2.32. The van der Waals surface area contributed by atoms with Gasteiger partial charge in [-0.25, -0.2) is 0 Å². The molecule has 0 heterocycles. The fourth-order valence-electron chi connectivity index (χ4n) is 2.57. The normalized spacial score (nSPS) is 13.1. The second-order valence-corrected chi connectivity index (χ2v) is 6.10. The largest absolute Gasteiger partial charge is 0.328 e. The first-order valence-electron chi connectivity index (χ1n) is 7.33. The fraction of sp³-hybridized carbons (Fsp3) is 0.647. The Hall–Kier alpha value is -0.860. The van der Waals surface area contributed by atoms with Crippen LogP contribution >= 0.6 is 0 Å². The van der Waals surface area contributed by atoms with Gasteiger partial charge >= 0.3 is 0 Å². The van der Waals surface area contributed by atoms with Crippen molar-refractivity contribution in [2.24, 2.45) is 5.73 Å². The third kappa shape index (κ3) is 4.63. The first-order valence-corrected chi connectivity index (χ1v) is 7.33. The van der Waals surface area contributed by atoms with Crippen molar-refractivity contribution in [3.05, 3.63) is 33.9 Å². The molecule has 0 aliphatic carbocycles. The average molecular weight is 262 g/mol. The summed E-state index contributed by atoms with van der Waals surface area (Å²) in [6, 6.07) is 2.61. The van der Waals surface area contributed by atoms with Gasteiger partial charge in [0.15, 0.2) is 0 Å². The highest BCUT2D eigenvalue weighted by Gasteiger charge is 2.10. The monoisotopic (exact) mass is 262 g/mol. The molecule has 0 fully saturated rings. The van der Waals surface area contributed by atoms with E-state index in [4.69, 9.17) is 5.73 Å². The summed E-state index contributed by atoms with van der Waals surface area (Å²) in [5.41, 5.74) is 13.0. The van der Waals surface area contributed by atoms with Crippen LogP contribution in [-0.4, -0.2) is 24.5 Å². The molecule has 0 spiro atoms. The summed E-state index contributed by atoms with van der Waals surface area (Å²) in [5.74, 6) is 0. The SMILES string of the molecule is Cc1cc(C)c(C)c(CN(C)CCCC(C)N)c1C. The summed E-state index contributed by atoms with van der Waals surface area (Å²) in [7, 11) is 2.21. The van der Waals surface area contributed by atoms with Gasteiger partial charge in [0.1, 0.15) is 0 Å². The van der Waals surface area contributed by atoms with E-state index >= 15 is 0 Å². The topological polar surface area (TPSA) is 29.3 Å². The van der Waals surface area contributed by atoms with Crippen LogP contribution in [0, 0.1) is 27.7 Å². The molecular formula is C17H30N2. The minimum Gasteiger partial charge on any atom is -0.328 e. The summed E-state index contributed by atoms with van der Waals surface area (Å²) < 4.78 is 0. The molecule has 19 heavy (non-hydrogen) atoms. The van der Waals surface area contributed by atoms with Crippen LogP contribution in [0.1, 0.15) is 47.6 Å². The molecule has 0 aliphatic rings. The lowest BCUT2D eigenvalue weighted by Gasteiger charge is -2.22. The summed E-state index contributed by atoms with van der Waals surface area (Å²) >= 11 is 0. The Morgan fingerprint density at radius 3 is 2.11 bits per heavy atom. The zero-order chi connectivity index (χ0) is 14.6. The van der Waals surface area contributed by atoms with Gasteiger partial charge < -0.3 is 10.6 Å². The first-order chi connectivity index (χ1) is 8.82. The second-order valence-electron chi connectivity index (χ2n) is 6.10. The first kappa shape index (κ1) is 16.2. The van der Waals surface area contributed by atoms with Crippen LogP contribution in [-0.2, 0) is 6.54 Å². The van der Waals surface area contributed by atoms with Gasteiger partial charge in [0.25, 0.3) is 0 Å². The van der Waals surface area contributed by atoms with E-state index in [0.717, 1.165) is 19.5 Å². The highest BCUT2D eigenvalue weighted by molar-refractivity contribution is 5.43. The molecule has 108 valence electrons. The summed E-state index contributed by atoms with van der Waals surface area (Å²) in [6.45, 7) is 13.1. The van der Waals surface area contributed by atoms with E-state index in [2.05, 4.69) is 52.6 Å². The molecule has 0 saturated carbocycles. The van der Waals surface area contributed by atoms with E-state index in [1.165, 1.54) is 34.2 Å². The maximum atomic E-state index is 5.80. The van der Waals surface area contributed by atoms with E-state index in [-0.39, 0.29) is 0 Å². The lowest BCUT2D eigenvalue weighted by atomic mass is 9.94. The molecule has 2 nitrogen and oxygen atoms in total. The molecule has 1 aromatic carbocycles. The molecule has 1 atom stereocenters. The Kier molecular flexibility index (Phi) is 6.02. The van der Waals surface area contributed by atoms with E-state index in [0.29, 0.717) is 6.04 Å². The third-order valence-electron chi connectivity index (χ3n) is 4.15. The third-order valence-corrected chi connectivity index (χ3v) is 4.15. The lowest BCUT2D eigenvalue weighted by Crippen LogP contribution is -2.23. The molecule has 0 saturated heterocycles. The van der Waals surface area contributed by atoms with Crippen LogP contribution in [0.25, 0.3) is 0 Å². The van der Waals surface area contributed by atoms with Crippen LogP contribution < -0.4 is 5.73 Å². The number of hydrogen-bond acceptors (Lipinski definition) is 2. The summed E-state index contributed by atoms with van der Waals surface area (Å²) in [6.07, 6.45) is 2.28. The maximum absolute atomic E-state index is 5.80. The van der Waals surface area contributed by atoms with E-state index < -0.39 is 0 Å². The number of nitrogens with zero attached hydrogens (tertiary/aromatic N) is 1. The van der Waals surface area contributed by atoms with Crippen molar-refractivity contribution in [1.29, 1.82) is 0 Å². The number of rotatable bonds is 6. The van der Waals surface area contributed by atoms with Crippen LogP contribution in [0.2, 0.25) is 0 Å². The summed E-state index contributed by atoms with van der Waals surface area (Å²) in [5, 5.41) is 0. The highest BCUT2D eigenvalue weighted by atomic mass is 15.1. The van der Waals surface area contributed by atoms with Crippen LogP contribution in [0.3, 0.4) is 0 Å². The minimum absolute atomic E-state index is 0.318. The zero-order valence-corrected chi connectivity index (χ0v) is 13.5. The van der Waals surface area contributed by atoms with Gasteiger partial charge in [0, 0.05) is 12.6 Å². The molecule has 0 radical (unpaired) electrons. The molecule has 2 heteroatoms. The molecule has 0 amide bonds. The maximum Gasteiger partial charge on any atom is 0.0236 e. The van der Waals surface area contributed by atoms with Gasteiger partial charge in [-0.2, -0.15) is 0 Å². The molecule has 1 rings (SSSR count). The summed E-state index contributed by atoms with van der Waals surface area (Å²) in [4.78, 5) is 2.41. The Morgan fingerprint density at radius 2 is 1.63 bits per heavy atom. The van der Waals surface area contributed by atoms with Gasteiger partial charge in [-0.05, 0) is 88.9 Å². The Labute approximate surface area is 119 Å². The molecule has 1 aromatic rings. The molecule has 0 aromatic heterocycles. The molecule has 2 N–H and O–H groups in total. The predicted octanol–water partition coefficient (Wildman–Crippen LogP) is 3.48. The van der Waals surface area contributed by atoms with Crippen molar-refractivity contribution in [3.8, 4) is 0 Å². The minimum atomic E-state index is 0.318. The van der Waals surface area contributed by atoms with E-state index in [1.54, 1.807) is 0 Å². The van der Waals surface area contributed by atoms with Crippen LogP contribution in [0.4, 0.5) is 0 Å². The molecular weight excluding hydrogens is 232 g/mol. The second kappa shape index (κ2) is 7.06. The number of aryl methyl sites for hydroxylation is 2. The Bertz CT molecular complexity index is 396. The lowest BCUT2D eigenvalue weighted by molar-refractivity contribution is 0.314. The van der Waals surface area contributed by atoms with E-state index in [9.17, 15) is 0 Å². The van der Waals surface area contributed by atoms with Crippen molar-refractivity contribution in [2.75, 3.05) is 13.6 Å². The van der Waals surface area contributed by atoms with Gasteiger partial charge in [0.05, 0.1) is 0 Å². The predicted molar refractivity (Wildman–Crippen MR) is 84.6 cm³/mol.